The van der Waals surface area contributed by atoms with Gasteiger partial charge in [0.15, 0.2) is 0 Å². The highest BCUT2D eigenvalue weighted by molar-refractivity contribution is 5.93. The molecule has 1 aromatic heterocycles. The van der Waals surface area contributed by atoms with Gasteiger partial charge in [0.1, 0.15) is 11.4 Å². The molecule has 6 nitrogen and oxygen atoms in total. The van der Waals surface area contributed by atoms with Crippen molar-refractivity contribution in [2.24, 2.45) is 0 Å². The maximum atomic E-state index is 12.2. The minimum Gasteiger partial charge on any atom is -0.508 e. The SMILES string of the molecule is O=C(NCCc1cccc(O)c1)c1cnc2n1CCCN2. The van der Waals surface area contributed by atoms with E-state index in [4.69, 9.17) is 0 Å². The number of hydrogen-bond donors (Lipinski definition) is 3. The van der Waals surface area contributed by atoms with Gasteiger partial charge in [0.05, 0.1) is 6.20 Å². The van der Waals surface area contributed by atoms with E-state index in [-0.39, 0.29) is 11.7 Å². The van der Waals surface area contributed by atoms with Gasteiger partial charge in [-0.25, -0.2) is 4.98 Å². The minimum atomic E-state index is -0.113. The Morgan fingerprint density at radius 2 is 2.38 bits per heavy atom. The van der Waals surface area contributed by atoms with E-state index in [9.17, 15) is 9.90 Å². The molecular formula is C15H18N4O2. The van der Waals surface area contributed by atoms with Crippen LogP contribution in [0, 0.1) is 0 Å². The summed E-state index contributed by atoms with van der Waals surface area (Å²) in [5.41, 5.74) is 1.58. The number of hydrogen-bond acceptors (Lipinski definition) is 4. The minimum absolute atomic E-state index is 0.113. The van der Waals surface area contributed by atoms with Crippen LogP contribution >= 0.6 is 0 Å². The van der Waals surface area contributed by atoms with E-state index in [1.807, 2.05) is 10.6 Å². The lowest BCUT2D eigenvalue weighted by Crippen LogP contribution is -2.29. The van der Waals surface area contributed by atoms with E-state index in [0.717, 1.165) is 31.0 Å². The van der Waals surface area contributed by atoms with Crippen LogP contribution < -0.4 is 10.6 Å². The molecule has 0 saturated heterocycles. The summed E-state index contributed by atoms with van der Waals surface area (Å²) in [6.45, 7) is 2.24. The standard InChI is InChI=1S/C15H18N4O2/c20-12-4-1-3-11(9-12)5-7-16-14(21)13-10-18-15-17-6-2-8-19(13)15/h1,3-4,9-10,20H,2,5-8H2,(H,16,21)(H,17,18). The summed E-state index contributed by atoms with van der Waals surface area (Å²) in [7, 11) is 0. The first-order chi connectivity index (χ1) is 10.2. The molecule has 0 atom stereocenters. The predicted octanol–water partition coefficient (Wildman–Crippen LogP) is 1.38. The van der Waals surface area contributed by atoms with Crippen molar-refractivity contribution in [3.05, 3.63) is 41.7 Å². The summed E-state index contributed by atoms with van der Waals surface area (Å²) in [6.07, 6.45) is 3.28. The third-order valence-corrected chi connectivity index (χ3v) is 3.54. The Morgan fingerprint density at radius 1 is 1.48 bits per heavy atom. The van der Waals surface area contributed by atoms with Crippen LogP contribution in [0.5, 0.6) is 5.75 Å². The van der Waals surface area contributed by atoms with Crippen molar-refractivity contribution in [1.82, 2.24) is 14.9 Å². The van der Waals surface area contributed by atoms with E-state index >= 15 is 0 Å². The zero-order valence-corrected chi connectivity index (χ0v) is 11.7. The molecule has 1 aliphatic rings. The van der Waals surface area contributed by atoms with Crippen LogP contribution in [0.3, 0.4) is 0 Å². The van der Waals surface area contributed by atoms with Crippen LogP contribution in [0.15, 0.2) is 30.5 Å². The summed E-state index contributed by atoms with van der Waals surface area (Å²) >= 11 is 0. The first kappa shape index (κ1) is 13.5. The lowest BCUT2D eigenvalue weighted by molar-refractivity contribution is 0.0944. The second kappa shape index (κ2) is 5.87. The molecule has 21 heavy (non-hydrogen) atoms. The van der Waals surface area contributed by atoms with Gasteiger partial charge in [0.25, 0.3) is 5.91 Å². The molecule has 2 heterocycles. The number of phenols is 1. The normalized spacial score (nSPS) is 13.3. The average Bonchev–Trinajstić information content (AvgIpc) is 2.91. The molecule has 2 aromatic rings. The first-order valence-corrected chi connectivity index (χ1v) is 7.09. The number of carbonyl (C=O) groups excluding carboxylic acids is 1. The van der Waals surface area contributed by atoms with E-state index < -0.39 is 0 Å². The van der Waals surface area contributed by atoms with Crippen molar-refractivity contribution in [3.63, 3.8) is 0 Å². The lowest BCUT2D eigenvalue weighted by atomic mass is 10.1. The fraction of sp³-hybridized carbons (Fsp3) is 0.333. The number of amides is 1. The van der Waals surface area contributed by atoms with Crippen molar-refractivity contribution in [3.8, 4) is 5.75 Å². The maximum Gasteiger partial charge on any atom is 0.269 e. The molecule has 0 fully saturated rings. The van der Waals surface area contributed by atoms with Crippen LogP contribution in [0.1, 0.15) is 22.5 Å². The Hall–Kier alpha value is -2.50. The van der Waals surface area contributed by atoms with Gasteiger partial charge in [-0.15, -0.1) is 0 Å². The number of anilines is 1. The molecule has 3 N–H and O–H groups in total. The maximum absolute atomic E-state index is 12.2. The van der Waals surface area contributed by atoms with E-state index in [1.165, 1.54) is 0 Å². The molecule has 110 valence electrons. The number of aromatic nitrogens is 2. The summed E-state index contributed by atoms with van der Waals surface area (Å²) in [6, 6.07) is 7.06. The highest BCUT2D eigenvalue weighted by Gasteiger charge is 2.18. The lowest BCUT2D eigenvalue weighted by Gasteiger charge is -2.17. The zero-order valence-electron chi connectivity index (χ0n) is 11.7. The van der Waals surface area contributed by atoms with Crippen LogP contribution in [0.25, 0.3) is 0 Å². The smallest absolute Gasteiger partial charge is 0.269 e. The summed E-state index contributed by atoms with van der Waals surface area (Å²) in [4.78, 5) is 16.4. The number of rotatable bonds is 4. The predicted molar refractivity (Wildman–Crippen MR) is 79.5 cm³/mol. The van der Waals surface area contributed by atoms with Gasteiger partial charge in [-0.1, -0.05) is 12.1 Å². The Bertz CT molecular complexity index is 651. The third kappa shape index (κ3) is 2.99. The molecule has 1 aliphatic heterocycles. The van der Waals surface area contributed by atoms with Crippen molar-refractivity contribution in [2.45, 2.75) is 19.4 Å². The third-order valence-electron chi connectivity index (χ3n) is 3.54. The summed E-state index contributed by atoms with van der Waals surface area (Å²) in [5.74, 6) is 0.895. The van der Waals surface area contributed by atoms with Crippen molar-refractivity contribution < 1.29 is 9.90 Å². The zero-order chi connectivity index (χ0) is 14.7. The van der Waals surface area contributed by atoms with Crippen LogP contribution in [0.2, 0.25) is 0 Å². The van der Waals surface area contributed by atoms with Crippen LogP contribution in [-0.2, 0) is 13.0 Å². The number of fused-ring (bicyclic) bond motifs is 1. The monoisotopic (exact) mass is 286 g/mol. The molecule has 1 aromatic carbocycles. The average molecular weight is 286 g/mol. The summed E-state index contributed by atoms with van der Waals surface area (Å²) < 4.78 is 1.91. The molecular weight excluding hydrogens is 268 g/mol. The number of imidazole rings is 1. The van der Waals surface area contributed by atoms with Crippen LogP contribution in [0.4, 0.5) is 5.95 Å². The van der Waals surface area contributed by atoms with Gasteiger partial charge in [-0.3, -0.25) is 4.79 Å². The molecule has 6 heteroatoms. The number of nitrogens with zero attached hydrogens (tertiary/aromatic N) is 2. The van der Waals surface area contributed by atoms with Gasteiger partial charge in [-0.05, 0) is 30.5 Å². The Kier molecular flexibility index (Phi) is 3.77. The fourth-order valence-electron chi connectivity index (χ4n) is 2.48. The first-order valence-electron chi connectivity index (χ1n) is 7.09. The Labute approximate surface area is 122 Å². The number of phenolic OH excluding ortho intramolecular Hbond substituents is 1. The van der Waals surface area contributed by atoms with E-state index in [2.05, 4.69) is 15.6 Å². The van der Waals surface area contributed by atoms with Gasteiger partial charge in [0, 0.05) is 19.6 Å². The van der Waals surface area contributed by atoms with Crippen molar-refractivity contribution in [2.75, 3.05) is 18.4 Å². The molecule has 3 rings (SSSR count). The highest BCUT2D eigenvalue weighted by Crippen LogP contribution is 2.15. The highest BCUT2D eigenvalue weighted by atomic mass is 16.3. The van der Waals surface area contributed by atoms with Gasteiger partial charge in [0.2, 0.25) is 5.95 Å². The summed E-state index contributed by atoms with van der Waals surface area (Å²) in [5, 5.41) is 15.5. The van der Waals surface area contributed by atoms with Gasteiger partial charge >= 0.3 is 0 Å². The molecule has 0 aliphatic carbocycles. The number of carbonyl (C=O) groups is 1. The number of aromatic hydroxyl groups is 1. The number of benzene rings is 1. The second-order valence-electron chi connectivity index (χ2n) is 5.07. The molecule has 0 spiro atoms. The number of nitrogens with one attached hydrogen (secondary N) is 2. The van der Waals surface area contributed by atoms with E-state index in [0.29, 0.717) is 18.7 Å². The topological polar surface area (TPSA) is 79.2 Å². The largest absolute Gasteiger partial charge is 0.508 e. The van der Waals surface area contributed by atoms with Gasteiger partial charge < -0.3 is 20.3 Å². The molecule has 0 saturated carbocycles. The quantitative estimate of drug-likeness (QED) is 0.793. The van der Waals surface area contributed by atoms with Gasteiger partial charge in [-0.2, -0.15) is 0 Å². The molecule has 0 bridgehead atoms. The van der Waals surface area contributed by atoms with E-state index in [1.54, 1.807) is 24.4 Å². The molecule has 0 unspecified atom stereocenters. The molecule has 0 radical (unpaired) electrons. The molecule has 1 amide bonds. The van der Waals surface area contributed by atoms with Crippen molar-refractivity contribution >= 4 is 11.9 Å². The van der Waals surface area contributed by atoms with Crippen LogP contribution in [-0.4, -0.2) is 33.7 Å². The Morgan fingerprint density at radius 3 is 3.24 bits per heavy atom. The second-order valence-corrected chi connectivity index (χ2v) is 5.07. The fourth-order valence-corrected chi connectivity index (χ4v) is 2.48. The Balaban J connectivity index is 1.58. The van der Waals surface area contributed by atoms with Crippen molar-refractivity contribution in [1.29, 1.82) is 0 Å².